The minimum Gasteiger partial charge on any atom is -0.477 e. The molecule has 0 saturated carbocycles. The second-order valence-electron chi connectivity index (χ2n) is 4.97. The molecule has 1 amide bonds. The van der Waals surface area contributed by atoms with Gasteiger partial charge in [0.05, 0.1) is 17.9 Å². The molecular formula is C15H16N2O2. The van der Waals surface area contributed by atoms with E-state index in [-0.39, 0.29) is 5.91 Å². The minimum absolute atomic E-state index is 0.0539. The summed E-state index contributed by atoms with van der Waals surface area (Å²) in [4.78, 5) is 11.2. The van der Waals surface area contributed by atoms with E-state index in [1.807, 2.05) is 49.5 Å². The quantitative estimate of drug-likeness (QED) is 0.895. The summed E-state index contributed by atoms with van der Waals surface area (Å²) in [6.45, 7) is 3.95. The number of fused-ring (bicyclic) bond motifs is 3. The van der Waals surface area contributed by atoms with Crippen molar-refractivity contribution in [2.24, 2.45) is 0 Å². The largest absolute Gasteiger partial charge is 0.477 e. The van der Waals surface area contributed by atoms with Crippen LogP contribution in [-0.2, 0) is 10.4 Å². The van der Waals surface area contributed by atoms with Gasteiger partial charge in [-0.1, -0.05) is 12.1 Å². The van der Waals surface area contributed by atoms with Crippen LogP contribution in [0.4, 0.5) is 0 Å². The van der Waals surface area contributed by atoms with Crippen molar-refractivity contribution >= 4 is 5.91 Å². The Morgan fingerprint density at radius 1 is 1.32 bits per heavy atom. The summed E-state index contributed by atoms with van der Waals surface area (Å²) in [5, 5.41) is 2.84. The highest BCUT2D eigenvalue weighted by atomic mass is 16.5. The lowest BCUT2D eigenvalue weighted by molar-refractivity contribution is -0.120. The van der Waals surface area contributed by atoms with Crippen LogP contribution < -0.4 is 10.1 Å². The van der Waals surface area contributed by atoms with Crippen LogP contribution in [0.25, 0.3) is 5.69 Å². The summed E-state index contributed by atoms with van der Waals surface area (Å²) < 4.78 is 8.23. The van der Waals surface area contributed by atoms with Crippen molar-refractivity contribution in [3.8, 4) is 11.4 Å². The van der Waals surface area contributed by atoms with Gasteiger partial charge in [0, 0.05) is 13.1 Å². The van der Waals surface area contributed by atoms with Crippen LogP contribution in [0.3, 0.4) is 0 Å². The summed E-state index contributed by atoms with van der Waals surface area (Å²) in [5.41, 5.74) is 1.52. The molecule has 0 fully saturated rings. The van der Waals surface area contributed by atoms with Crippen molar-refractivity contribution in [1.29, 1.82) is 0 Å². The van der Waals surface area contributed by atoms with Gasteiger partial charge in [-0.15, -0.1) is 0 Å². The number of amides is 1. The fourth-order valence-corrected chi connectivity index (χ4v) is 2.48. The molecule has 1 aliphatic heterocycles. The van der Waals surface area contributed by atoms with E-state index in [9.17, 15) is 4.79 Å². The maximum absolute atomic E-state index is 11.2. The van der Waals surface area contributed by atoms with E-state index in [1.165, 1.54) is 6.92 Å². The van der Waals surface area contributed by atoms with E-state index in [4.69, 9.17) is 4.74 Å². The average Bonchev–Trinajstić information content (AvgIpc) is 2.87. The molecule has 4 nitrogen and oxygen atoms in total. The highest BCUT2D eigenvalue weighted by molar-refractivity contribution is 5.73. The number of hydrogen-bond acceptors (Lipinski definition) is 2. The molecule has 0 aliphatic carbocycles. The zero-order chi connectivity index (χ0) is 13.5. The lowest BCUT2D eigenvalue weighted by Gasteiger charge is -2.37. The third-order valence-electron chi connectivity index (χ3n) is 3.43. The van der Waals surface area contributed by atoms with E-state index in [2.05, 4.69) is 9.88 Å². The molecule has 4 heteroatoms. The van der Waals surface area contributed by atoms with Gasteiger partial charge < -0.3 is 14.6 Å². The third kappa shape index (κ3) is 1.89. The Hall–Kier alpha value is -2.23. The summed E-state index contributed by atoms with van der Waals surface area (Å²) in [5.74, 6) is 0.779. The van der Waals surface area contributed by atoms with E-state index >= 15 is 0 Å². The van der Waals surface area contributed by atoms with Crippen molar-refractivity contribution in [3.05, 3.63) is 48.3 Å². The molecule has 19 heavy (non-hydrogen) atoms. The van der Waals surface area contributed by atoms with Gasteiger partial charge in [0.2, 0.25) is 5.91 Å². The van der Waals surface area contributed by atoms with Gasteiger partial charge in [-0.05, 0) is 31.2 Å². The number of hydrogen-bond donors (Lipinski definition) is 1. The molecule has 0 radical (unpaired) electrons. The molecule has 1 N–H and O–H groups in total. The molecule has 1 aliphatic rings. The highest BCUT2D eigenvalue weighted by Gasteiger charge is 2.36. The normalized spacial score (nSPS) is 20.1. The predicted molar refractivity (Wildman–Crippen MR) is 72.4 cm³/mol. The fourth-order valence-electron chi connectivity index (χ4n) is 2.48. The molecule has 1 aromatic heterocycles. The van der Waals surface area contributed by atoms with Crippen LogP contribution in [0.15, 0.2) is 42.6 Å². The topological polar surface area (TPSA) is 43.3 Å². The van der Waals surface area contributed by atoms with Gasteiger partial charge in [0.1, 0.15) is 5.75 Å². The Kier molecular flexibility index (Phi) is 2.59. The molecule has 1 aromatic carbocycles. The zero-order valence-corrected chi connectivity index (χ0v) is 11.0. The first-order valence-corrected chi connectivity index (χ1v) is 6.31. The maximum Gasteiger partial charge on any atom is 0.217 e. The Labute approximate surface area is 112 Å². The first-order valence-electron chi connectivity index (χ1n) is 6.31. The van der Waals surface area contributed by atoms with Crippen molar-refractivity contribution < 1.29 is 9.53 Å². The van der Waals surface area contributed by atoms with Crippen molar-refractivity contribution in [2.75, 3.05) is 6.54 Å². The van der Waals surface area contributed by atoms with Crippen molar-refractivity contribution in [2.45, 2.75) is 19.4 Å². The van der Waals surface area contributed by atoms with E-state index < -0.39 is 5.60 Å². The molecule has 1 unspecified atom stereocenters. The number of carbonyl (C=O) groups is 1. The molecule has 0 bridgehead atoms. The lowest BCUT2D eigenvalue weighted by atomic mass is 9.99. The number of rotatable bonds is 2. The van der Waals surface area contributed by atoms with Gasteiger partial charge in [-0.25, -0.2) is 0 Å². The molecule has 2 heterocycles. The summed E-state index contributed by atoms with van der Waals surface area (Å²) in [7, 11) is 0. The first-order chi connectivity index (χ1) is 9.10. The SMILES string of the molecule is CC(=O)NCC1(C)Oc2ccccc2-n2cccc21. The van der Waals surface area contributed by atoms with Crippen molar-refractivity contribution in [1.82, 2.24) is 9.88 Å². The maximum atomic E-state index is 11.2. The smallest absolute Gasteiger partial charge is 0.217 e. The number of nitrogens with zero attached hydrogens (tertiary/aromatic N) is 1. The summed E-state index contributed by atoms with van der Waals surface area (Å²) in [6, 6.07) is 11.9. The average molecular weight is 256 g/mol. The van der Waals surface area contributed by atoms with Gasteiger partial charge >= 0.3 is 0 Å². The van der Waals surface area contributed by atoms with Crippen LogP contribution in [0, 0.1) is 0 Å². The predicted octanol–water partition coefficient (Wildman–Crippen LogP) is 2.22. The highest BCUT2D eigenvalue weighted by Crippen LogP contribution is 2.38. The first kappa shape index (κ1) is 11.8. The molecule has 2 aromatic rings. The van der Waals surface area contributed by atoms with Gasteiger partial charge in [0.25, 0.3) is 0 Å². The molecule has 0 spiro atoms. The molecule has 98 valence electrons. The Morgan fingerprint density at radius 2 is 2.11 bits per heavy atom. The van der Waals surface area contributed by atoms with Gasteiger partial charge in [-0.2, -0.15) is 0 Å². The van der Waals surface area contributed by atoms with Crippen LogP contribution in [0.1, 0.15) is 19.5 Å². The van der Waals surface area contributed by atoms with Crippen LogP contribution >= 0.6 is 0 Å². The zero-order valence-electron chi connectivity index (χ0n) is 11.0. The van der Waals surface area contributed by atoms with Gasteiger partial charge in [0.15, 0.2) is 5.60 Å². The number of benzene rings is 1. The van der Waals surface area contributed by atoms with Crippen LogP contribution in [0.2, 0.25) is 0 Å². The van der Waals surface area contributed by atoms with E-state index in [0.29, 0.717) is 6.54 Å². The number of nitrogens with one attached hydrogen (secondary N) is 1. The monoisotopic (exact) mass is 256 g/mol. The molecule has 3 rings (SSSR count). The minimum atomic E-state index is -0.552. The van der Waals surface area contributed by atoms with Crippen LogP contribution in [0.5, 0.6) is 5.75 Å². The number of para-hydroxylation sites is 2. The van der Waals surface area contributed by atoms with Gasteiger partial charge in [-0.3, -0.25) is 4.79 Å². The number of carbonyl (C=O) groups excluding carboxylic acids is 1. The molecular weight excluding hydrogens is 240 g/mol. The Morgan fingerprint density at radius 3 is 2.89 bits per heavy atom. The molecule has 1 atom stereocenters. The lowest BCUT2D eigenvalue weighted by Crippen LogP contribution is -2.45. The Bertz CT molecular complexity index is 633. The van der Waals surface area contributed by atoms with E-state index in [0.717, 1.165) is 17.1 Å². The second-order valence-corrected chi connectivity index (χ2v) is 4.97. The van der Waals surface area contributed by atoms with Crippen LogP contribution in [-0.4, -0.2) is 17.0 Å². The number of ether oxygens (including phenoxy) is 1. The third-order valence-corrected chi connectivity index (χ3v) is 3.43. The molecule has 0 saturated heterocycles. The Balaban J connectivity index is 2.05. The standard InChI is InChI=1S/C15H16N2O2/c1-11(18)16-10-15(2)14-8-5-9-17(14)12-6-3-4-7-13(12)19-15/h3-9H,10H2,1-2H3,(H,16,18). The van der Waals surface area contributed by atoms with E-state index in [1.54, 1.807) is 0 Å². The van der Waals surface area contributed by atoms with Crippen molar-refractivity contribution in [3.63, 3.8) is 0 Å². The second kappa shape index (κ2) is 4.16. The summed E-state index contributed by atoms with van der Waals surface area (Å²) >= 11 is 0. The summed E-state index contributed by atoms with van der Waals surface area (Å²) in [6.07, 6.45) is 2.02. The fraction of sp³-hybridized carbons (Fsp3) is 0.267. The number of aromatic nitrogens is 1.